The van der Waals surface area contributed by atoms with E-state index in [0.29, 0.717) is 0 Å². The topological polar surface area (TPSA) is 81.1 Å². The van der Waals surface area contributed by atoms with Crippen LogP contribution in [0.25, 0.3) is 10.8 Å². The van der Waals surface area contributed by atoms with Crippen LogP contribution in [0, 0.1) is 6.92 Å². The second-order valence-electron chi connectivity index (χ2n) is 7.79. The van der Waals surface area contributed by atoms with Crippen LogP contribution in [-0.2, 0) is 22.7 Å². The molecule has 1 heterocycles. The standard InChI is InChI=1S/C23H26N2.C2H2O4/c1-19-9-11-20(12-10-19)17-24-13-15-25(16-14-24)18-22-7-4-6-21-5-2-3-8-23(21)22;3-1(4)2(5)6/h2-12H,13-18H2,1H3;(H,3,4)(H,5,6). The van der Waals surface area contributed by atoms with E-state index in [9.17, 15) is 0 Å². The maximum absolute atomic E-state index is 9.10. The SMILES string of the molecule is Cc1ccc(CN2CCN(Cc3cccc4ccccc34)CC2)cc1.O=C(O)C(=O)O. The van der Waals surface area contributed by atoms with E-state index < -0.39 is 11.9 Å². The molecule has 0 unspecified atom stereocenters. The molecule has 1 fully saturated rings. The molecule has 1 aliphatic heterocycles. The van der Waals surface area contributed by atoms with E-state index in [4.69, 9.17) is 19.8 Å². The molecule has 31 heavy (non-hydrogen) atoms. The Hall–Kier alpha value is -3.22. The third kappa shape index (κ3) is 6.64. The molecule has 6 heteroatoms. The van der Waals surface area contributed by atoms with Gasteiger partial charge >= 0.3 is 11.9 Å². The Labute approximate surface area is 182 Å². The summed E-state index contributed by atoms with van der Waals surface area (Å²) < 4.78 is 0. The van der Waals surface area contributed by atoms with Gasteiger partial charge in [-0.1, -0.05) is 72.3 Å². The van der Waals surface area contributed by atoms with Crippen LogP contribution in [0.1, 0.15) is 16.7 Å². The summed E-state index contributed by atoms with van der Waals surface area (Å²) in [4.78, 5) is 23.4. The van der Waals surface area contributed by atoms with Gasteiger partial charge in [0, 0.05) is 39.3 Å². The molecule has 0 atom stereocenters. The summed E-state index contributed by atoms with van der Waals surface area (Å²) in [5, 5.41) is 17.5. The van der Waals surface area contributed by atoms with Crippen molar-refractivity contribution in [2.75, 3.05) is 26.2 Å². The maximum Gasteiger partial charge on any atom is 0.414 e. The van der Waals surface area contributed by atoms with Crippen LogP contribution in [-0.4, -0.2) is 58.1 Å². The molecule has 0 bridgehead atoms. The number of carboxylic acids is 2. The van der Waals surface area contributed by atoms with E-state index in [1.165, 1.54) is 27.5 Å². The summed E-state index contributed by atoms with van der Waals surface area (Å²) in [7, 11) is 0. The number of rotatable bonds is 4. The van der Waals surface area contributed by atoms with Gasteiger partial charge in [-0.2, -0.15) is 0 Å². The number of hydrogen-bond acceptors (Lipinski definition) is 4. The fourth-order valence-electron chi connectivity index (χ4n) is 3.73. The van der Waals surface area contributed by atoms with E-state index in [0.717, 1.165) is 39.3 Å². The third-order valence-electron chi connectivity index (χ3n) is 5.45. The van der Waals surface area contributed by atoms with Gasteiger partial charge in [0.05, 0.1) is 0 Å². The highest BCUT2D eigenvalue weighted by Gasteiger charge is 2.17. The number of benzene rings is 3. The van der Waals surface area contributed by atoms with E-state index in [2.05, 4.69) is 83.5 Å². The first-order valence-corrected chi connectivity index (χ1v) is 10.4. The largest absolute Gasteiger partial charge is 0.473 e. The first-order chi connectivity index (χ1) is 14.9. The summed E-state index contributed by atoms with van der Waals surface area (Å²) in [5.41, 5.74) is 4.21. The molecule has 2 N–H and O–H groups in total. The van der Waals surface area contributed by atoms with Crippen LogP contribution < -0.4 is 0 Å². The molecule has 3 aromatic rings. The van der Waals surface area contributed by atoms with Crippen molar-refractivity contribution in [3.05, 3.63) is 83.4 Å². The van der Waals surface area contributed by atoms with E-state index >= 15 is 0 Å². The van der Waals surface area contributed by atoms with Crippen LogP contribution >= 0.6 is 0 Å². The lowest BCUT2D eigenvalue weighted by molar-refractivity contribution is -0.159. The summed E-state index contributed by atoms with van der Waals surface area (Å²) >= 11 is 0. The number of hydrogen-bond donors (Lipinski definition) is 2. The van der Waals surface area contributed by atoms with Gasteiger partial charge in [0.2, 0.25) is 0 Å². The molecule has 162 valence electrons. The number of nitrogens with zero attached hydrogens (tertiary/aromatic N) is 2. The molecule has 1 saturated heterocycles. The first-order valence-electron chi connectivity index (χ1n) is 10.4. The molecule has 0 aromatic heterocycles. The van der Waals surface area contributed by atoms with Gasteiger partial charge in [0.25, 0.3) is 0 Å². The number of piperazine rings is 1. The van der Waals surface area contributed by atoms with Crippen molar-refractivity contribution >= 4 is 22.7 Å². The maximum atomic E-state index is 9.10. The molecule has 1 aliphatic rings. The molecule has 0 radical (unpaired) electrons. The zero-order valence-electron chi connectivity index (χ0n) is 17.7. The lowest BCUT2D eigenvalue weighted by Crippen LogP contribution is -2.45. The van der Waals surface area contributed by atoms with E-state index in [-0.39, 0.29) is 0 Å². The number of aryl methyl sites for hydroxylation is 1. The average molecular weight is 421 g/mol. The minimum Gasteiger partial charge on any atom is -0.473 e. The van der Waals surface area contributed by atoms with Crippen LogP contribution in [0.3, 0.4) is 0 Å². The minimum atomic E-state index is -1.82. The fourth-order valence-corrected chi connectivity index (χ4v) is 3.73. The van der Waals surface area contributed by atoms with Crippen LogP contribution in [0.5, 0.6) is 0 Å². The number of aliphatic carboxylic acids is 2. The quantitative estimate of drug-likeness (QED) is 0.628. The Balaban J connectivity index is 0.000000401. The average Bonchev–Trinajstić information content (AvgIpc) is 2.77. The number of fused-ring (bicyclic) bond motifs is 1. The van der Waals surface area contributed by atoms with Crippen molar-refractivity contribution in [3.63, 3.8) is 0 Å². The summed E-state index contributed by atoms with van der Waals surface area (Å²) in [6.45, 7) is 8.87. The Morgan fingerprint density at radius 3 is 1.90 bits per heavy atom. The predicted octanol–water partition coefficient (Wildman–Crippen LogP) is 3.62. The third-order valence-corrected chi connectivity index (χ3v) is 5.45. The normalized spacial score (nSPS) is 14.6. The van der Waals surface area contributed by atoms with E-state index in [1.807, 2.05) is 0 Å². The van der Waals surface area contributed by atoms with Crippen LogP contribution in [0.4, 0.5) is 0 Å². The van der Waals surface area contributed by atoms with Crippen molar-refractivity contribution in [2.45, 2.75) is 20.0 Å². The minimum absolute atomic E-state index is 1.06. The zero-order chi connectivity index (χ0) is 22.2. The fraction of sp³-hybridized carbons (Fsp3) is 0.280. The van der Waals surface area contributed by atoms with Crippen molar-refractivity contribution in [2.24, 2.45) is 0 Å². The lowest BCUT2D eigenvalue weighted by atomic mass is 10.0. The van der Waals surface area contributed by atoms with E-state index in [1.54, 1.807) is 0 Å². The number of carboxylic acid groups (broad SMARTS) is 2. The highest BCUT2D eigenvalue weighted by atomic mass is 16.4. The van der Waals surface area contributed by atoms with Gasteiger partial charge in [-0.15, -0.1) is 0 Å². The Bertz CT molecular complexity index is 1010. The molecule has 4 rings (SSSR count). The van der Waals surface area contributed by atoms with Gasteiger partial charge in [-0.25, -0.2) is 9.59 Å². The predicted molar refractivity (Wildman–Crippen MR) is 121 cm³/mol. The summed E-state index contributed by atoms with van der Waals surface area (Å²) in [6.07, 6.45) is 0. The van der Waals surface area contributed by atoms with Crippen molar-refractivity contribution in [3.8, 4) is 0 Å². The molecule has 0 saturated carbocycles. The van der Waals surface area contributed by atoms with Crippen LogP contribution in [0.15, 0.2) is 66.7 Å². The molecule has 0 amide bonds. The number of carbonyl (C=O) groups is 2. The van der Waals surface area contributed by atoms with Crippen molar-refractivity contribution in [1.82, 2.24) is 9.80 Å². The summed E-state index contributed by atoms with van der Waals surface area (Å²) in [5.74, 6) is -3.65. The lowest BCUT2D eigenvalue weighted by Gasteiger charge is -2.35. The Morgan fingerprint density at radius 2 is 1.29 bits per heavy atom. The molecule has 0 spiro atoms. The molecule has 0 aliphatic carbocycles. The Kier molecular flexibility index (Phi) is 7.76. The van der Waals surface area contributed by atoms with Gasteiger partial charge in [0.1, 0.15) is 0 Å². The smallest absolute Gasteiger partial charge is 0.414 e. The van der Waals surface area contributed by atoms with Gasteiger partial charge < -0.3 is 10.2 Å². The molecular weight excluding hydrogens is 392 g/mol. The van der Waals surface area contributed by atoms with Crippen LogP contribution in [0.2, 0.25) is 0 Å². The van der Waals surface area contributed by atoms with Gasteiger partial charge in [-0.05, 0) is 28.8 Å². The highest BCUT2D eigenvalue weighted by Crippen LogP contribution is 2.21. The first kappa shape index (κ1) is 22.5. The van der Waals surface area contributed by atoms with Crippen molar-refractivity contribution < 1.29 is 19.8 Å². The Morgan fingerprint density at radius 1 is 0.742 bits per heavy atom. The molecular formula is C25H28N2O4. The van der Waals surface area contributed by atoms with Gasteiger partial charge in [0.15, 0.2) is 0 Å². The van der Waals surface area contributed by atoms with Crippen molar-refractivity contribution in [1.29, 1.82) is 0 Å². The van der Waals surface area contributed by atoms with Gasteiger partial charge in [-0.3, -0.25) is 9.80 Å². The highest BCUT2D eigenvalue weighted by molar-refractivity contribution is 6.27. The zero-order valence-corrected chi connectivity index (χ0v) is 17.7. The molecule has 6 nitrogen and oxygen atoms in total. The second-order valence-corrected chi connectivity index (χ2v) is 7.79. The molecule has 3 aromatic carbocycles. The monoisotopic (exact) mass is 420 g/mol. The summed E-state index contributed by atoms with van der Waals surface area (Å²) in [6, 6.07) is 24.3. The second kappa shape index (κ2) is 10.7.